The van der Waals surface area contributed by atoms with Crippen molar-refractivity contribution in [2.24, 2.45) is 28.6 Å². The largest absolute Gasteiger partial charge is 0.393 e. The number of allylic oxidation sites excluding steroid dienone is 4. The van der Waals surface area contributed by atoms with Crippen LogP contribution in [0.2, 0.25) is 0 Å². The number of amides is 1. The third-order valence-corrected chi connectivity index (χ3v) is 8.76. The molecule has 160 valence electrons. The Morgan fingerprint density at radius 1 is 1.34 bits per heavy atom. The number of aliphatic hydroxyl groups is 3. The minimum absolute atomic E-state index is 0.00589. The number of rotatable bonds is 3. The highest BCUT2D eigenvalue weighted by atomic mass is 16.4. The second-order valence-corrected chi connectivity index (χ2v) is 9.97. The van der Waals surface area contributed by atoms with E-state index in [0.717, 1.165) is 24.8 Å². The molecular formula is C23H33NO5. The van der Waals surface area contributed by atoms with Crippen LogP contribution in [0.1, 0.15) is 52.9 Å². The fraction of sp³-hybridized carbons (Fsp3) is 0.739. The zero-order chi connectivity index (χ0) is 21.2. The minimum atomic E-state index is -1.56. The molecule has 0 radical (unpaired) electrons. The Labute approximate surface area is 172 Å². The number of hydrogen-bond acceptors (Lipinski definition) is 5. The number of aliphatic hydroxyl groups excluding tert-OH is 2. The first-order chi connectivity index (χ1) is 13.6. The molecule has 4 unspecified atom stereocenters. The van der Waals surface area contributed by atoms with Gasteiger partial charge in [-0.25, -0.2) is 0 Å². The van der Waals surface area contributed by atoms with Gasteiger partial charge in [-0.2, -0.15) is 0 Å². The first-order valence-electron chi connectivity index (χ1n) is 10.9. The zero-order valence-electron chi connectivity index (χ0n) is 17.5. The van der Waals surface area contributed by atoms with Crippen molar-refractivity contribution in [2.45, 2.75) is 70.7 Å². The zero-order valence-corrected chi connectivity index (χ0v) is 17.5. The van der Waals surface area contributed by atoms with Crippen LogP contribution >= 0.6 is 0 Å². The molecule has 3 fully saturated rings. The van der Waals surface area contributed by atoms with Crippen molar-refractivity contribution in [3.8, 4) is 0 Å². The highest BCUT2D eigenvalue weighted by Gasteiger charge is 2.68. The molecule has 0 spiro atoms. The standard InChI is InChI=1S/C23H33NO5/c1-4-24-20(28)19(27)23(29)10-8-16-15-6-5-13-11-14(25)7-9-21(13,2)18(15)17(26)12-22(16,23)3/h7,9,11,15-19,26-27,29H,4-6,8,10,12H2,1-3H3,(H,24,28)/t15-,16?,17-,18?,19?,21-,22-,23?/m0/s1. The number of likely N-dealkylation sites (N-methyl/N-ethyl adjacent to an activating group) is 1. The molecular weight excluding hydrogens is 370 g/mol. The van der Waals surface area contributed by atoms with Gasteiger partial charge in [-0.3, -0.25) is 9.59 Å². The quantitative estimate of drug-likeness (QED) is 0.571. The first kappa shape index (κ1) is 20.8. The molecule has 1 amide bonds. The van der Waals surface area contributed by atoms with E-state index >= 15 is 0 Å². The maximum Gasteiger partial charge on any atom is 0.251 e. The van der Waals surface area contributed by atoms with E-state index in [9.17, 15) is 24.9 Å². The summed E-state index contributed by atoms with van der Waals surface area (Å²) in [6.45, 7) is 6.20. The molecule has 0 aliphatic heterocycles. The van der Waals surface area contributed by atoms with E-state index in [4.69, 9.17) is 0 Å². The molecule has 4 aliphatic carbocycles. The molecule has 0 saturated heterocycles. The predicted octanol–water partition coefficient (Wildman–Crippen LogP) is 1.49. The number of ketones is 1. The Kier molecular flexibility index (Phi) is 4.84. The van der Waals surface area contributed by atoms with Gasteiger partial charge in [-0.05, 0) is 63.0 Å². The maximum atomic E-state index is 12.4. The van der Waals surface area contributed by atoms with Crippen LogP contribution < -0.4 is 5.32 Å². The molecule has 6 heteroatoms. The third kappa shape index (κ3) is 2.72. The normalized spacial score (nSPS) is 47.0. The van der Waals surface area contributed by atoms with Crippen LogP contribution in [-0.2, 0) is 9.59 Å². The van der Waals surface area contributed by atoms with E-state index < -0.39 is 29.1 Å². The summed E-state index contributed by atoms with van der Waals surface area (Å²) in [4.78, 5) is 24.2. The molecule has 0 aromatic rings. The van der Waals surface area contributed by atoms with Gasteiger partial charge in [0.05, 0.1) is 6.10 Å². The average molecular weight is 404 g/mol. The van der Waals surface area contributed by atoms with Gasteiger partial charge in [0.15, 0.2) is 11.9 Å². The SMILES string of the molecule is CCNC(=O)C(O)C1(O)CCC2[C@@H]3CCC4=CC(=O)C=C[C@]4(C)C3[C@@H](O)C[C@@]21C. The lowest BCUT2D eigenvalue weighted by Crippen LogP contribution is -2.64. The molecule has 0 bridgehead atoms. The Balaban J connectivity index is 1.69. The molecule has 4 aliphatic rings. The molecule has 29 heavy (non-hydrogen) atoms. The van der Waals surface area contributed by atoms with Gasteiger partial charge in [0.25, 0.3) is 5.91 Å². The minimum Gasteiger partial charge on any atom is -0.393 e. The number of carbonyl (C=O) groups is 2. The van der Waals surface area contributed by atoms with Crippen LogP contribution in [-0.4, -0.2) is 51.4 Å². The fourth-order valence-electron chi connectivity index (χ4n) is 7.30. The molecule has 0 aromatic heterocycles. The predicted molar refractivity (Wildman–Crippen MR) is 108 cm³/mol. The summed E-state index contributed by atoms with van der Waals surface area (Å²) in [6, 6.07) is 0. The van der Waals surface area contributed by atoms with E-state index in [1.807, 2.05) is 13.0 Å². The van der Waals surface area contributed by atoms with Crippen LogP contribution in [0.4, 0.5) is 0 Å². The van der Waals surface area contributed by atoms with E-state index in [-0.39, 0.29) is 29.0 Å². The van der Waals surface area contributed by atoms with Gasteiger partial charge >= 0.3 is 0 Å². The lowest BCUT2D eigenvalue weighted by Gasteiger charge is -2.60. The van der Waals surface area contributed by atoms with Crippen molar-refractivity contribution in [3.63, 3.8) is 0 Å². The van der Waals surface area contributed by atoms with Gasteiger partial charge in [0, 0.05) is 23.3 Å². The van der Waals surface area contributed by atoms with Crippen LogP contribution in [0.5, 0.6) is 0 Å². The van der Waals surface area contributed by atoms with E-state index in [1.165, 1.54) is 0 Å². The highest BCUT2D eigenvalue weighted by molar-refractivity contribution is 6.01. The second kappa shape index (κ2) is 6.76. The van der Waals surface area contributed by atoms with Crippen molar-refractivity contribution in [2.75, 3.05) is 6.54 Å². The van der Waals surface area contributed by atoms with Crippen LogP contribution in [0.25, 0.3) is 0 Å². The average Bonchev–Trinajstić information content (AvgIpc) is 2.93. The number of carbonyl (C=O) groups excluding carboxylic acids is 2. The van der Waals surface area contributed by atoms with Crippen molar-refractivity contribution in [1.82, 2.24) is 5.32 Å². The Bertz CT molecular complexity index is 790. The third-order valence-electron chi connectivity index (χ3n) is 8.76. The van der Waals surface area contributed by atoms with Crippen LogP contribution in [0.3, 0.4) is 0 Å². The highest BCUT2D eigenvalue weighted by Crippen LogP contribution is 2.67. The smallest absolute Gasteiger partial charge is 0.251 e. The van der Waals surface area contributed by atoms with Crippen molar-refractivity contribution < 1.29 is 24.9 Å². The van der Waals surface area contributed by atoms with Gasteiger partial charge in [-0.15, -0.1) is 0 Å². The van der Waals surface area contributed by atoms with E-state index in [1.54, 1.807) is 19.1 Å². The van der Waals surface area contributed by atoms with Gasteiger partial charge < -0.3 is 20.6 Å². The molecule has 4 N–H and O–H groups in total. The summed E-state index contributed by atoms with van der Waals surface area (Å²) >= 11 is 0. The first-order valence-corrected chi connectivity index (χ1v) is 10.9. The van der Waals surface area contributed by atoms with Gasteiger partial charge in [-0.1, -0.05) is 25.5 Å². The summed E-state index contributed by atoms with van der Waals surface area (Å²) < 4.78 is 0. The van der Waals surface area contributed by atoms with Crippen molar-refractivity contribution in [1.29, 1.82) is 0 Å². The lowest BCUT2D eigenvalue weighted by atomic mass is 9.46. The van der Waals surface area contributed by atoms with Crippen molar-refractivity contribution >= 4 is 11.7 Å². The molecule has 8 atom stereocenters. The molecule has 0 heterocycles. The maximum absolute atomic E-state index is 12.4. The van der Waals surface area contributed by atoms with Crippen molar-refractivity contribution in [3.05, 3.63) is 23.8 Å². The monoisotopic (exact) mass is 403 g/mol. The number of fused-ring (bicyclic) bond motifs is 5. The lowest BCUT2D eigenvalue weighted by molar-refractivity contribution is -0.200. The Hall–Kier alpha value is -1.50. The summed E-state index contributed by atoms with van der Waals surface area (Å²) in [7, 11) is 0. The van der Waals surface area contributed by atoms with Gasteiger partial charge in [0.2, 0.25) is 0 Å². The Morgan fingerprint density at radius 3 is 2.76 bits per heavy atom. The topological polar surface area (TPSA) is 107 Å². The van der Waals surface area contributed by atoms with Crippen LogP contribution in [0.15, 0.2) is 23.8 Å². The summed E-state index contributed by atoms with van der Waals surface area (Å²) in [6.07, 6.45) is 6.13. The summed E-state index contributed by atoms with van der Waals surface area (Å²) in [5.74, 6) is -0.308. The second-order valence-electron chi connectivity index (χ2n) is 9.97. The van der Waals surface area contributed by atoms with Gasteiger partial charge in [0.1, 0.15) is 5.60 Å². The number of hydrogen-bond donors (Lipinski definition) is 4. The fourth-order valence-corrected chi connectivity index (χ4v) is 7.30. The molecule has 4 rings (SSSR count). The van der Waals surface area contributed by atoms with Crippen LogP contribution in [0, 0.1) is 28.6 Å². The molecule has 0 aromatic carbocycles. The summed E-state index contributed by atoms with van der Waals surface area (Å²) in [5.41, 5.74) is -1.58. The molecule has 3 saturated carbocycles. The molecule has 6 nitrogen and oxygen atoms in total. The Morgan fingerprint density at radius 2 is 2.07 bits per heavy atom. The summed E-state index contributed by atoms with van der Waals surface area (Å²) in [5, 5.41) is 36.2. The van der Waals surface area contributed by atoms with E-state index in [0.29, 0.717) is 19.4 Å². The number of nitrogens with one attached hydrogen (secondary N) is 1. The van der Waals surface area contributed by atoms with E-state index in [2.05, 4.69) is 12.2 Å².